The van der Waals surface area contributed by atoms with Gasteiger partial charge in [0.05, 0.1) is 19.9 Å². The Kier molecular flexibility index (Phi) is 4.24. The summed E-state index contributed by atoms with van der Waals surface area (Å²) in [6.07, 6.45) is 0.733. The average molecular weight is 276 g/mol. The van der Waals surface area contributed by atoms with Crippen LogP contribution in [-0.2, 0) is 6.42 Å². The first kappa shape index (κ1) is 13.9. The van der Waals surface area contributed by atoms with Gasteiger partial charge in [0.15, 0.2) is 0 Å². The molecule has 1 N–H and O–H groups in total. The first-order valence-corrected chi connectivity index (χ1v) is 6.17. The number of ether oxygens (including phenoxy) is 2. The summed E-state index contributed by atoms with van der Waals surface area (Å²) in [5.74, 6) is 0.770. The SMILES string of the molecule is CCc1cc(NC(=O)c2c(OC)cccc2OC)on1. The Morgan fingerprint density at radius 3 is 2.45 bits per heavy atom. The van der Waals surface area contributed by atoms with Gasteiger partial charge < -0.3 is 14.0 Å². The van der Waals surface area contributed by atoms with E-state index in [1.165, 1.54) is 14.2 Å². The van der Waals surface area contributed by atoms with Crippen LogP contribution in [-0.4, -0.2) is 25.3 Å². The van der Waals surface area contributed by atoms with Gasteiger partial charge in [-0.15, -0.1) is 0 Å². The minimum atomic E-state index is -0.377. The van der Waals surface area contributed by atoms with E-state index >= 15 is 0 Å². The minimum Gasteiger partial charge on any atom is -0.496 e. The van der Waals surface area contributed by atoms with E-state index in [0.29, 0.717) is 22.9 Å². The fourth-order valence-corrected chi connectivity index (χ4v) is 1.79. The zero-order chi connectivity index (χ0) is 14.5. The number of hydrogen-bond acceptors (Lipinski definition) is 5. The van der Waals surface area contributed by atoms with Crippen LogP contribution in [0.5, 0.6) is 11.5 Å². The predicted octanol–water partition coefficient (Wildman–Crippen LogP) is 2.51. The molecule has 1 heterocycles. The van der Waals surface area contributed by atoms with E-state index in [9.17, 15) is 4.79 Å². The molecule has 0 aliphatic carbocycles. The largest absolute Gasteiger partial charge is 0.496 e. The molecule has 0 saturated carbocycles. The number of rotatable bonds is 5. The van der Waals surface area contributed by atoms with Crippen LogP contribution in [0.2, 0.25) is 0 Å². The summed E-state index contributed by atoms with van der Waals surface area (Å²) in [7, 11) is 2.99. The fourth-order valence-electron chi connectivity index (χ4n) is 1.79. The fraction of sp³-hybridized carbons (Fsp3) is 0.286. The predicted molar refractivity (Wildman–Crippen MR) is 73.4 cm³/mol. The van der Waals surface area contributed by atoms with E-state index in [2.05, 4.69) is 10.5 Å². The van der Waals surface area contributed by atoms with Crippen LogP contribution < -0.4 is 14.8 Å². The molecule has 0 spiro atoms. The summed E-state index contributed by atoms with van der Waals surface area (Å²) in [4.78, 5) is 12.3. The normalized spacial score (nSPS) is 10.2. The van der Waals surface area contributed by atoms with Crippen molar-refractivity contribution >= 4 is 11.8 Å². The van der Waals surface area contributed by atoms with Gasteiger partial charge in [0.25, 0.3) is 5.91 Å². The molecule has 0 fully saturated rings. The third-order valence-corrected chi connectivity index (χ3v) is 2.81. The maximum Gasteiger partial charge on any atom is 0.265 e. The van der Waals surface area contributed by atoms with Crippen molar-refractivity contribution in [3.8, 4) is 11.5 Å². The number of aromatic nitrogens is 1. The number of anilines is 1. The molecule has 0 radical (unpaired) electrons. The van der Waals surface area contributed by atoms with Crippen molar-refractivity contribution in [1.29, 1.82) is 0 Å². The van der Waals surface area contributed by atoms with Crippen molar-refractivity contribution in [1.82, 2.24) is 5.16 Å². The first-order chi connectivity index (χ1) is 9.69. The molecule has 1 amide bonds. The summed E-state index contributed by atoms with van der Waals surface area (Å²) in [5, 5.41) is 6.45. The molecule has 6 heteroatoms. The highest BCUT2D eigenvalue weighted by molar-refractivity contribution is 6.07. The lowest BCUT2D eigenvalue weighted by Gasteiger charge is -2.11. The monoisotopic (exact) mass is 276 g/mol. The molecule has 106 valence electrons. The second kappa shape index (κ2) is 6.10. The molecular weight excluding hydrogens is 260 g/mol. The molecule has 1 aromatic heterocycles. The highest BCUT2D eigenvalue weighted by atomic mass is 16.5. The molecule has 2 rings (SSSR count). The standard InChI is InChI=1S/C14H16N2O4/c1-4-9-8-12(20-16-9)15-14(17)13-10(18-2)6-5-7-11(13)19-3/h5-8H,4H2,1-3H3,(H,15,17). The Labute approximate surface area is 116 Å². The Hall–Kier alpha value is -2.50. The molecule has 0 atom stereocenters. The number of nitrogens with zero attached hydrogens (tertiary/aromatic N) is 1. The number of carbonyl (C=O) groups excluding carboxylic acids is 1. The lowest BCUT2D eigenvalue weighted by molar-refractivity contribution is 0.101. The Balaban J connectivity index is 2.28. The molecule has 0 aliphatic rings. The zero-order valence-electron chi connectivity index (χ0n) is 11.6. The van der Waals surface area contributed by atoms with Gasteiger partial charge in [0.1, 0.15) is 17.1 Å². The van der Waals surface area contributed by atoms with Crippen LogP contribution in [0.25, 0.3) is 0 Å². The van der Waals surface area contributed by atoms with Crippen LogP contribution in [0, 0.1) is 0 Å². The van der Waals surface area contributed by atoms with E-state index in [1.807, 2.05) is 6.92 Å². The summed E-state index contributed by atoms with van der Waals surface area (Å²) >= 11 is 0. The molecule has 1 aromatic carbocycles. The third kappa shape index (κ3) is 2.74. The number of aryl methyl sites for hydroxylation is 1. The van der Waals surface area contributed by atoms with E-state index in [-0.39, 0.29) is 5.91 Å². The van der Waals surface area contributed by atoms with Gasteiger partial charge in [-0.25, -0.2) is 0 Å². The van der Waals surface area contributed by atoms with Gasteiger partial charge in [-0.2, -0.15) is 0 Å². The van der Waals surface area contributed by atoms with E-state index < -0.39 is 0 Å². The average Bonchev–Trinajstić information content (AvgIpc) is 2.93. The lowest BCUT2D eigenvalue weighted by atomic mass is 10.1. The van der Waals surface area contributed by atoms with Gasteiger partial charge in [-0.3, -0.25) is 10.1 Å². The molecule has 0 aliphatic heterocycles. The number of methoxy groups -OCH3 is 2. The lowest BCUT2D eigenvalue weighted by Crippen LogP contribution is -2.14. The smallest absolute Gasteiger partial charge is 0.265 e. The number of hydrogen-bond donors (Lipinski definition) is 1. The zero-order valence-corrected chi connectivity index (χ0v) is 11.6. The highest BCUT2D eigenvalue weighted by Crippen LogP contribution is 2.29. The molecule has 0 unspecified atom stereocenters. The second-order valence-corrected chi connectivity index (χ2v) is 4.03. The first-order valence-electron chi connectivity index (χ1n) is 6.17. The quantitative estimate of drug-likeness (QED) is 0.908. The maximum absolute atomic E-state index is 12.3. The number of carbonyl (C=O) groups is 1. The summed E-state index contributed by atoms with van der Waals surface area (Å²) < 4.78 is 15.4. The molecular formula is C14H16N2O4. The van der Waals surface area contributed by atoms with Crippen molar-refractivity contribution in [3.05, 3.63) is 35.5 Å². The van der Waals surface area contributed by atoms with Crippen LogP contribution in [0.3, 0.4) is 0 Å². The summed E-state index contributed by atoms with van der Waals surface area (Å²) in [6.45, 7) is 1.95. The van der Waals surface area contributed by atoms with Gasteiger partial charge >= 0.3 is 0 Å². The molecule has 0 bridgehead atoms. The Morgan fingerprint density at radius 1 is 1.30 bits per heavy atom. The highest BCUT2D eigenvalue weighted by Gasteiger charge is 2.19. The topological polar surface area (TPSA) is 73.6 Å². The maximum atomic E-state index is 12.3. The van der Waals surface area contributed by atoms with Crippen molar-refractivity contribution < 1.29 is 18.8 Å². The molecule has 0 saturated heterocycles. The minimum absolute atomic E-state index is 0.291. The third-order valence-electron chi connectivity index (χ3n) is 2.81. The van der Waals surface area contributed by atoms with Gasteiger partial charge in [0.2, 0.25) is 5.88 Å². The molecule has 2 aromatic rings. The Morgan fingerprint density at radius 2 is 1.95 bits per heavy atom. The molecule has 6 nitrogen and oxygen atoms in total. The van der Waals surface area contributed by atoms with E-state index in [0.717, 1.165) is 12.1 Å². The van der Waals surface area contributed by atoms with Crippen molar-refractivity contribution in [2.45, 2.75) is 13.3 Å². The number of benzene rings is 1. The molecule has 20 heavy (non-hydrogen) atoms. The summed E-state index contributed by atoms with van der Waals surface area (Å²) in [5.41, 5.74) is 1.08. The van der Waals surface area contributed by atoms with Crippen LogP contribution >= 0.6 is 0 Å². The second-order valence-electron chi connectivity index (χ2n) is 4.03. The number of amides is 1. The van der Waals surface area contributed by atoms with Gasteiger partial charge in [0, 0.05) is 6.07 Å². The van der Waals surface area contributed by atoms with E-state index in [1.54, 1.807) is 24.3 Å². The van der Waals surface area contributed by atoms with Gasteiger partial charge in [-0.05, 0) is 18.6 Å². The van der Waals surface area contributed by atoms with Crippen molar-refractivity contribution in [2.24, 2.45) is 0 Å². The Bertz CT molecular complexity index is 585. The van der Waals surface area contributed by atoms with Crippen molar-refractivity contribution in [3.63, 3.8) is 0 Å². The van der Waals surface area contributed by atoms with Crippen LogP contribution in [0.1, 0.15) is 23.0 Å². The summed E-state index contributed by atoms with van der Waals surface area (Å²) in [6, 6.07) is 6.81. The van der Waals surface area contributed by atoms with Crippen LogP contribution in [0.4, 0.5) is 5.88 Å². The van der Waals surface area contributed by atoms with E-state index in [4.69, 9.17) is 14.0 Å². The van der Waals surface area contributed by atoms with Crippen LogP contribution in [0.15, 0.2) is 28.8 Å². The van der Waals surface area contributed by atoms with Crippen molar-refractivity contribution in [2.75, 3.05) is 19.5 Å². The van der Waals surface area contributed by atoms with Gasteiger partial charge in [-0.1, -0.05) is 18.1 Å². The number of nitrogens with one attached hydrogen (secondary N) is 1.